The lowest BCUT2D eigenvalue weighted by atomic mass is 10.0. The van der Waals surface area contributed by atoms with Crippen LogP contribution in [0.25, 0.3) is 0 Å². The van der Waals surface area contributed by atoms with E-state index < -0.39 is 0 Å². The summed E-state index contributed by atoms with van der Waals surface area (Å²) in [6.45, 7) is 2.03. The van der Waals surface area contributed by atoms with Crippen LogP contribution in [0.2, 0.25) is 0 Å². The van der Waals surface area contributed by atoms with Gasteiger partial charge in [-0.25, -0.2) is 0 Å². The van der Waals surface area contributed by atoms with Crippen molar-refractivity contribution in [3.8, 4) is 0 Å². The van der Waals surface area contributed by atoms with Gasteiger partial charge in [0.1, 0.15) is 0 Å². The Morgan fingerprint density at radius 3 is 2.71 bits per heavy atom. The Hall–Kier alpha value is -1.77. The molecule has 0 unspecified atom stereocenters. The van der Waals surface area contributed by atoms with Crippen LogP contribution in [0.4, 0.5) is 0 Å². The number of hydrogen-bond donors (Lipinski definition) is 0. The number of carbonyl (C=O) groups excluding carboxylic acids is 1. The van der Waals surface area contributed by atoms with Crippen LogP contribution in [0, 0.1) is 6.92 Å². The zero-order valence-corrected chi connectivity index (χ0v) is 7.90. The van der Waals surface area contributed by atoms with Gasteiger partial charge in [-0.1, -0.05) is 24.3 Å². The van der Waals surface area contributed by atoms with Gasteiger partial charge in [0.25, 0.3) is 5.91 Å². The summed E-state index contributed by atoms with van der Waals surface area (Å²) in [5, 5.41) is 7.02. The maximum Gasteiger partial charge on any atom is 0.293 e. The van der Waals surface area contributed by atoms with Crippen molar-refractivity contribution in [2.75, 3.05) is 0 Å². The van der Waals surface area contributed by atoms with Crippen molar-refractivity contribution in [1.29, 1.82) is 0 Å². The lowest BCUT2D eigenvalue weighted by molar-refractivity contribution is -0.114. The highest BCUT2D eigenvalue weighted by Crippen LogP contribution is 2.16. The summed E-state index contributed by atoms with van der Waals surface area (Å²) in [5.74, 6) is -0.215. The highest BCUT2D eigenvalue weighted by Gasteiger charge is 2.14. The molecule has 70 valence electrons. The van der Waals surface area contributed by atoms with Crippen LogP contribution in [0.3, 0.4) is 0 Å². The molecular formula is C11H10N2O. The number of azo groups is 1. The average Bonchev–Trinajstić information content (AvgIpc) is 2.56. The van der Waals surface area contributed by atoms with Crippen LogP contribution < -0.4 is 0 Å². The smallest absolute Gasteiger partial charge is 0.265 e. The zero-order valence-electron chi connectivity index (χ0n) is 7.90. The number of benzene rings is 1. The molecule has 1 aliphatic rings. The number of aryl methyl sites for hydroxylation is 1. The van der Waals surface area contributed by atoms with E-state index in [1.165, 1.54) is 11.8 Å². The van der Waals surface area contributed by atoms with Crippen LogP contribution in [0.1, 0.15) is 11.1 Å². The van der Waals surface area contributed by atoms with Gasteiger partial charge in [0, 0.05) is 12.0 Å². The minimum atomic E-state index is -0.215. The van der Waals surface area contributed by atoms with E-state index in [2.05, 4.69) is 10.2 Å². The second-order valence-electron chi connectivity index (χ2n) is 3.28. The van der Waals surface area contributed by atoms with Crippen molar-refractivity contribution >= 4 is 5.91 Å². The zero-order chi connectivity index (χ0) is 9.97. The van der Waals surface area contributed by atoms with Crippen LogP contribution in [0.5, 0.6) is 0 Å². The number of rotatable bonds is 2. The SMILES string of the molecule is Cc1ccccc1CC1=CN=NC1=O. The average molecular weight is 186 g/mol. The van der Waals surface area contributed by atoms with E-state index in [1.807, 2.05) is 31.2 Å². The molecule has 2 rings (SSSR count). The van der Waals surface area contributed by atoms with Gasteiger partial charge in [-0.3, -0.25) is 4.79 Å². The monoisotopic (exact) mass is 186 g/mol. The highest BCUT2D eigenvalue weighted by molar-refractivity contribution is 5.95. The summed E-state index contributed by atoms with van der Waals surface area (Å²) < 4.78 is 0. The predicted octanol–water partition coefficient (Wildman–Crippen LogP) is 2.41. The van der Waals surface area contributed by atoms with Gasteiger partial charge in [0.2, 0.25) is 0 Å². The van der Waals surface area contributed by atoms with Gasteiger partial charge in [-0.05, 0) is 18.1 Å². The molecule has 0 radical (unpaired) electrons. The van der Waals surface area contributed by atoms with Crippen molar-refractivity contribution in [3.63, 3.8) is 0 Å². The molecule has 0 fully saturated rings. The van der Waals surface area contributed by atoms with E-state index in [0.717, 1.165) is 5.56 Å². The van der Waals surface area contributed by atoms with Crippen LogP contribution in [-0.2, 0) is 11.2 Å². The summed E-state index contributed by atoms with van der Waals surface area (Å²) in [5.41, 5.74) is 3.01. The Balaban J connectivity index is 2.20. The lowest BCUT2D eigenvalue weighted by Crippen LogP contribution is -1.99. The fourth-order valence-electron chi connectivity index (χ4n) is 1.41. The molecule has 1 aromatic rings. The summed E-state index contributed by atoms with van der Waals surface area (Å²) >= 11 is 0. The predicted molar refractivity (Wildman–Crippen MR) is 52.8 cm³/mol. The molecule has 1 heterocycles. The molecule has 0 saturated carbocycles. The summed E-state index contributed by atoms with van der Waals surface area (Å²) in [6.07, 6.45) is 2.16. The van der Waals surface area contributed by atoms with E-state index in [0.29, 0.717) is 12.0 Å². The minimum Gasteiger partial charge on any atom is -0.265 e. The molecule has 1 aliphatic heterocycles. The number of nitrogens with zero attached hydrogens (tertiary/aromatic N) is 2. The standard InChI is InChI=1S/C11H10N2O/c1-8-4-2-3-5-9(8)6-10-7-12-13-11(10)14/h2-5,7H,6H2,1H3. The molecule has 14 heavy (non-hydrogen) atoms. The Kier molecular flexibility index (Phi) is 2.23. The van der Waals surface area contributed by atoms with E-state index in [-0.39, 0.29) is 5.91 Å². The van der Waals surface area contributed by atoms with Gasteiger partial charge in [0.15, 0.2) is 0 Å². The van der Waals surface area contributed by atoms with Gasteiger partial charge in [-0.15, -0.1) is 5.11 Å². The van der Waals surface area contributed by atoms with Crippen molar-refractivity contribution in [2.45, 2.75) is 13.3 Å². The van der Waals surface area contributed by atoms with E-state index in [1.54, 1.807) is 0 Å². The fraction of sp³-hybridized carbons (Fsp3) is 0.182. The summed E-state index contributed by atoms with van der Waals surface area (Å²) in [6, 6.07) is 8.00. The second kappa shape index (κ2) is 3.54. The van der Waals surface area contributed by atoms with Gasteiger partial charge in [-0.2, -0.15) is 5.11 Å². The second-order valence-corrected chi connectivity index (χ2v) is 3.28. The summed E-state index contributed by atoms with van der Waals surface area (Å²) in [4.78, 5) is 11.2. The fourth-order valence-corrected chi connectivity index (χ4v) is 1.41. The molecule has 0 aromatic heterocycles. The number of carbonyl (C=O) groups is 1. The Bertz CT molecular complexity index is 433. The molecule has 0 atom stereocenters. The normalized spacial score (nSPS) is 14.6. The molecule has 0 aliphatic carbocycles. The van der Waals surface area contributed by atoms with Crippen molar-refractivity contribution < 1.29 is 4.79 Å². The lowest BCUT2D eigenvalue weighted by Gasteiger charge is -2.03. The number of hydrogen-bond acceptors (Lipinski definition) is 2. The van der Waals surface area contributed by atoms with Crippen LogP contribution in [-0.4, -0.2) is 5.91 Å². The van der Waals surface area contributed by atoms with E-state index in [4.69, 9.17) is 0 Å². The summed E-state index contributed by atoms with van der Waals surface area (Å²) in [7, 11) is 0. The van der Waals surface area contributed by atoms with Crippen molar-refractivity contribution in [1.82, 2.24) is 0 Å². The first-order chi connectivity index (χ1) is 6.77. The quantitative estimate of drug-likeness (QED) is 0.699. The van der Waals surface area contributed by atoms with Crippen LogP contribution >= 0.6 is 0 Å². The maximum absolute atomic E-state index is 11.2. The van der Waals surface area contributed by atoms with Gasteiger partial charge < -0.3 is 0 Å². The van der Waals surface area contributed by atoms with Crippen molar-refractivity contribution in [3.05, 3.63) is 47.2 Å². The number of amides is 1. The molecule has 0 saturated heterocycles. The molecular weight excluding hydrogens is 176 g/mol. The van der Waals surface area contributed by atoms with Crippen LogP contribution in [0.15, 0.2) is 46.3 Å². The topological polar surface area (TPSA) is 41.8 Å². The molecule has 1 aromatic carbocycles. The third kappa shape index (κ3) is 1.62. The van der Waals surface area contributed by atoms with E-state index in [9.17, 15) is 4.79 Å². The first-order valence-corrected chi connectivity index (χ1v) is 4.46. The molecule has 3 nitrogen and oxygen atoms in total. The van der Waals surface area contributed by atoms with Gasteiger partial charge >= 0.3 is 0 Å². The Morgan fingerprint density at radius 2 is 2.07 bits per heavy atom. The first kappa shape index (κ1) is 8.81. The third-order valence-corrected chi connectivity index (χ3v) is 2.28. The molecule has 3 heteroatoms. The maximum atomic E-state index is 11.2. The van der Waals surface area contributed by atoms with Gasteiger partial charge in [0.05, 0.1) is 6.20 Å². The first-order valence-electron chi connectivity index (χ1n) is 4.46. The molecule has 0 spiro atoms. The molecule has 0 N–H and O–H groups in total. The Labute approximate surface area is 82.2 Å². The highest BCUT2D eigenvalue weighted by atomic mass is 16.2. The molecule has 1 amide bonds. The Morgan fingerprint density at radius 1 is 1.29 bits per heavy atom. The molecule has 0 bridgehead atoms. The minimum absolute atomic E-state index is 0.215. The van der Waals surface area contributed by atoms with Crippen molar-refractivity contribution in [2.24, 2.45) is 10.2 Å². The van der Waals surface area contributed by atoms with E-state index >= 15 is 0 Å². The largest absolute Gasteiger partial charge is 0.293 e. The third-order valence-electron chi connectivity index (χ3n) is 2.28.